The molecule has 0 radical (unpaired) electrons. The van der Waals surface area contributed by atoms with E-state index in [1.165, 1.54) is 0 Å². The number of benzene rings is 1. The molecule has 0 aliphatic carbocycles. The van der Waals surface area contributed by atoms with Crippen molar-refractivity contribution in [1.82, 2.24) is 20.6 Å². The van der Waals surface area contributed by atoms with Crippen molar-refractivity contribution in [2.24, 2.45) is 0 Å². The second-order valence-electron chi connectivity index (χ2n) is 4.31. The lowest BCUT2D eigenvalue weighted by Crippen LogP contribution is -2.38. The number of nitrogens with zero attached hydrogens (tertiary/aromatic N) is 1. The van der Waals surface area contributed by atoms with E-state index in [4.69, 9.17) is 0 Å². The molecule has 1 unspecified atom stereocenters. The third-order valence-electron chi connectivity index (χ3n) is 2.75. The summed E-state index contributed by atoms with van der Waals surface area (Å²) in [6.45, 7) is 1.74. The van der Waals surface area contributed by atoms with Crippen molar-refractivity contribution in [3.8, 4) is 0 Å². The molecule has 0 saturated heterocycles. The van der Waals surface area contributed by atoms with Gasteiger partial charge in [-0.05, 0) is 19.1 Å². The first kappa shape index (κ1) is 13.8. The van der Waals surface area contributed by atoms with E-state index in [-0.39, 0.29) is 24.4 Å². The third kappa shape index (κ3) is 3.68. The minimum atomic E-state index is -0.272. The Morgan fingerprint density at radius 1 is 1.30 bits per heavy atom. The second-order valence-corrected chi connectivity index (χ2v) is 4.31. The molecule has 2 aromatic rings. The average Bonchev–Trinajstić information content (AvgIpc) is 3.00. The predicted octanol–water partition coefficient (Wildman–Crippen LogP) is 1.02. The van der Waals surface area contributed by atoms with Gasteiger partial charge in [0.25, 0.3) is 5.91 Å². The fourth-order valence-corrected chi connectivity index (χ4v) is 1.73. The Morgan fingerprint density at radius 3 is 2.70 bits per heavy atom. The maximum absolute atomic E-state index is 11.8. The largest absolute Gasteiger partial charge is 0.347 e. The van der Waals surface area contributed by atoms with Gasteiger partial charge in [0.2, 0.25) is 5.91 Å². The molecule has 104 valence electrons. The van der Waals surface area contributed by atoms with Crippen molar-refractivity contribution in [2.45, 2.75) is 13.0 Å². The van der Waals surface area contributed by atoms with E-state index in [1.807, 2.05) is 13.0 Å². The standard InChI is InChI=1S/C14H16N4O2/c1-10(13-15-7-8-16-13)18-12(19)9-17-14(20)11-5-3-2-4-6-11/h2-8,10H,9H2,1H3,(H,15,16)(H,17,20)(H,18,19). The van der Waals surface area contributed by atoms with Crippen LogP contribution >= 0.6 is 0 Å². The fraction of sp³-hybridized carbons (Fsp3) is 0.214. The van der Waals surface area contributed by atoms with Gasteiger partial charge < -0.3 is 15.6 Å². The molecule has 1 atom stereocenters. The summed E-state index contributed by atoms with van der Waals surface area (Å²) in [7, 11) is 0. The first-order valence-electron chi connectivity index (χ1n) is 6.28. The third-order valence-corrected chi connectivity index (χ3v) is 2.75. The molecular weight excluding hydrogens is 256 g/mol. The highest BCUT2D eigenvalue weighted by molar-refractivity contribution is 5.96. The van der Waals surface area contributed by atoms with Crippen LogP contribution in [0.5, 0.6) is 0 Å². The molecule has 3 N–H and O–H groups in total. The summed E-state index contributed by atoms with van der Waals surface area (Å²) < 4.78 is 0. The summed E-state index contributed by atoms with van der Waals surface area (Å²) in [4.78, 5) is 30.4. The van der Waals surface area contributed by atoms with Crippen LogP contribution in [0.3, 0.4) is 0 Å². The summed E-state index contributed by atoms with van der Waals surface area (Å²) in [5.74, 6) is 0.136. The number of carbonyl (C=O) groups excluding carboxylic acids is 2. The van der Waals surface area contributed by atoms with Crippen molar-refractivity contribution in [2.75, 3.05) is 6.54 Å². The van der Waals surface area contributed by atoms with Gasteiger partial charge in [-0.1, -0.05) is 18.2 Å². The van der Waals surface area contributed by atoms with Gasteiger partial charge in [0, 0.05) is 18.0 Å². The van der Waals surface area contributed by atoms with E-state index < -0.39 is 0 Å². The highest BCUT2D eigenvalue weighted by Gasteiger charge is 2.12. The quantitative estimate of drug-likeness (QED) is 0.759. The zero-order valence-electron chi connectivity index (χ0n) is 11.1. The maximum Gasteiger partial charge on any atom is 0.251 e. The molecule has 0 spiro atoms. The molecule has 0 aliphatic heterocycles. The number of amides is 2. The summed E-state index contributed by atoms with van der Waals surface area (Å²) in [5.41, 5.74) is 0.527. The molecular formula is C14H16N4O2. The Hall–Kier alpha value is -2.63. The van der Waals surface area contributed by atoms with Crippen molar-refractivity contribution in [1.29, 1.82) is 0 Å². The normalized spacial score (nSPS) is 11.7. The Bertz CT molecular complexity index is 566. The maximum atomic E-state index is 11.8. The van der Waals surface area contributed by atoms with Crippen LogP contribution in [0.2, 0.25) is 0 Å². The summed E-state index contributed by atoms with van der Waals surface area (Å²) in [6, 6.07) is 8.53. The number of aromatic amines is 1. The highest BCUT2D eigenvalue weighted by Crippen LogP contribution is 2.04. The topological polar surface area (TPSA) is 86.9 Å². The molecule has 6 nitrogen and oxygen atoms in total. The Balaban J connectivity index is 1.79. The number of imidazole rings is 1. The van der Waals surface area contributed by atoms with E-state index in [9.17, 15) is 9.59 Å². The van der Waals surface area contributed by atoms with E-state index in [2.05, 4.69) is 20.6 Å². The van der Waals surface area contributed by atoms with E-state index >= 15 is 0 Å². The number of hydrogen-bond acceptors (Lipinski definition) is 3. The van der Waals surface area contributed by atoms with Crippen LogP contribution in [0.25, 0.3) is 0 Å². The van der Waals surface area contributed by atoms with Gasteiger partial charge in [-0.2, -0.15) is 0 Å². The smallest absolute Gasteiger partial charge is 0.251 e. The van der Waals surface area contributed by atoms with Gasteiger partial charge in [0.05, 0.1) is 12.6 Å². The molecule has 1 aromatic heterocycles. The Kier molecular flexibility index (Phi) is 4.49. The van der Waals surface area contributed by atoms with Crippen LogP contribution in [0.1, 0.15) is 29.1 Å². The van der Waals surface area contributed by atoms with Gasteiger partial charge >= 0.3 is 0 Å². The van der Waals surface area contributed by atoms with Crippen LogP contribution in [-0.4, -0.2) is 28.3 Å². The molecule has 0 bridgehead atoms. The molecule has 2 rings (SSSR count). The second kappa shape index (κ2) is 6.51. The van der Waals surface area contributed by atoms with Crippen LogP contribution in [-0.2, 0) is 4.79 Å². The van der Waals surface area contributed by atoms with Crippen molar-refractivity contribution >= 4 is 11.8 Å². The van der Waals surface area contributed by atoms with Crippen LogP contribution < -0.4 is 10.6 Å². The van der Waals surface area contributed by atoms with Crippen LogP contribution in [0, 0.1) is 0 Å². The van der Waals surface area contributed by atoms with Crippen molar-refractivity contribution < 1.29 is 9.59 Å². The first-order chi connectivity index (χ1) is 9.66. The van der Waals surface area contributed by atoms with Gasteiger partial charge in [0.15, 0.2) is 0 Å². The first-order valence-corrected chi connectivity index (χ1v) is 6.28. The lowest BCUT2D eigenvalue weighted by molar-refractivity contribution is -0.120. The number of nitrogens with one attached hydrogen (secondary N) is 3. The minimum absolute atomic E-state index is 0.0707. The number of rotatable bonds is 5. The predicted molar refractivity (Wildman–Crippen MR) is 73.9 cm³/mol. The zero-order valence-corrected chi connectivity index (χ0v) is 11.1. The van der Waals surface area contributed by atoms with Crippen LogP contribution in [0.4, 0.5) is 0 Å². The van der Waals surface area contributed by atoms with Gasteiger partial charge in [-0.3, -0.25) is 9.59 Å². The molecule has 2 amide bonds. The van der Waals surface area contributed by atoms with Gasteiger partial charge in [-0.15, -0.1) is 0 Å². The zero-order chi connectivity index (χ0) is 14.4. The molecule has 1 heterocycles. The summed E-state index contributed by atoms with van der Waals surface area (Å²) >= 11 is 0. The Labute approximate surface area is 116 Å². The van der Waals surface area contributed by atoms with E-state index in [1.54, 1.807) is 36.7 Å². The monoisotopic (exact) mass is 272 g/mol. The molecule has 0 aliphatic rings. The molecule has 1 aromatic carbocycles. The van der Waals surface area contributed by atoms with E-state index in [0.29, 0.717) is 11.4 Å². The SMILES string of the molecule is CC(NC(=O)CNC(=O)c1ccccc1)c1ncc[nH]1. The number of carbonyl (C=O) groups is 2. The molecule has 0 saturated carbocycles. The summed E-state index contributed by atoms with van der Waals surface area (Å²) in [5, 5.41) is 5.31. The van der Waals surface area contributed by atoms with Gasteiger partial charge in [0.1, 0.15) is 5.82 Å². The van der Waals surface area contributed by atoms with Crippen molar-refractivity contribution in [3.63, 3.8) is 0 Å². The number of aromatic nitrogens is 2. The summed E-state index contributed by atoms with van der Waals surface area (Å²) in [6.07, 6.45) is 3.31. The average molecular weight is 272 g/mol. The molecule has 0 fully saturated rings. The van der Waals surface area contributed by atoms with Gasteiger partial charge in [-0.25, -0.2) is 4.98 Å². The number of H-pyrrole nitrogens is 1. The van der Waals surface area contributed by atoms with E-state index in [0.717, 1.165) is 0 Å². The highest BCUT2D eigenvalue weighted by atomic mass is 16.2. The number of hydrogen-bond donors (Lipinski definition) is 3. The lowest BCUT2D eigenvalue weighted by atomic mass is 10.2. The van der Waals surface area contributed by atoms with Crippen molar-refractivity contribution in [3.05, 3.63) is 54.1 Å². The molecule has 20 heavy (non-hydrogen) atoms. The lowest BCUT2D eigenvalue weighted by Gasteiger charge is -2.12. The fourth-order valence-electron chi connectivity index (χ4n) is 1.73. The van der Waals surface area contributed by atoms with Crippen LogP contribution in [0.15, 0.2) is 42.7 Å². The Morgan fingerprint density at radius 2 is 2.05 bits per heavy atom. The minimum Gasteiger partial charge on any atom is -0.347 e. The molecule has 6 heteroatoms.